The highest BCUT2D eigenvalue weighted by atomic mass is 32.2. The maximum absolute atomic E-state index is 12.7. The van der Waals surface area contributed by atoms with E-state index >= 15 is 0 Å². The quantitative estimate of drug-likeness (QED) is 0.486. The minimum atomic E-state index is -3.78. The second kappa shape index (κ2) is 11.9. The monoisotopic (exact) mass is 460 g/mol. The third kappa shape index (κ3) is 7.24. The Labute approximate surface area is 190 Å². The molecule has 0 atom stereocenters. The van der Waals surface area contributed by atoms with Gasteiger partial charge in [-0.2, -0.15) is 0 Å². The largest absolute Gasteiger partial charge is 0.494 e. The number of ether oxygens (including phenoxy) is 2. The van der Waals surface area contributed by atoms with Gasteiger partial charge in [-0.15, -0.1) is 0 Å². The summed E-state index contributed by atoms with van der Waals surface area (Å²) >= 11 is 0. The molecule has 8 heteroatoms. The lowest BCUT2D eigenvalue weighted by Gasteiger charge is -2.21. The molecule has 0 aromatic heterocycles. The zero-order valence-electron chi connectivity index (χ0n) is 18.5. The van der Waals surface area contributed by atoms with Crippen LogP contribution in [0.1, 0.15) is 55.8 Å². The van der Waals surface area contributed by atoms with Gasteiger partial charge in [-0.1, -0.05) is 25.3 Å². The Morgan fingerprint density at radius 3 is 2.53 bits per heavy atom. The molecule has 0 bridgehead atoms. The van der Waals surface area contributed by atoms with E-state index in [1.165, 1.54) is 37.5 Å². The van der Waals surface area contributed by atoms with E-state index in [2.05, 4.69) is 10.0 Å². The average Bonchev–Trinajstić information content (AvgIpc) is 2.80. The molecular weight excluding hydrogens is 428 g/mol. The SMILES string of the molecule is CCOc1ccc(S(=O)(=O)Nc2cccc(C(=O)NCCCOC3CCCCC3)c2)cc1. The van der Waals surface area contributed by atoms with Gasteiger partial charge in [-0.25, -0.2) is 8.42 Å². The summed E-state index contributed by atoms with van der Waals surface area (Å²) in [5.41, 5.74) is 0.720. The summed E-state index contributed by atoms with van der Waals surface area (Å²) in [6.45, 7) is 3.51. The lowest BCUT2D eigenvalue weighted by atomic mass is 9.98. The van der Waals surface area contributed by atoms with Crippen molar-refractivity contribution in [2.75, 3.05) is 24.5 Å². The molecule has 3 rings (SSSR count). The van der Waals surface area contributed by atoms with E-state index < -0.39 is 10.0 Å². The first kappa shape index (κ1) is 24.1. The van der Waals surface area contributed by atoms with Crippen molar-refractivity contribution in [2.24, 2.45) is 0 Å². The number of hydrogen-bond acceptors (Lipinski definition) is 5. The third-order valence-electron chi connectivity index (χ3n) is 5.33. The highest BCUT2D eigenvalue weighted by Gasteiger charge is 2.16. The van der Waals surface area contributed by atoms with Gasteiger partial charge < -0.3 is 14.8 Å². The average molecular weight is 461 g/mol. The van der Waals surface area contributed by atoms with E-state index in [4.69, 9.17) is 9.47 Å². The van der Waals surface area contributed by atoms with Crippen molar-refractivity contribution in [3.8, 4) is 5.75 Å². The number of rotatable bonds is 11. The van der Waals surface area contributed by atoms with E-state index in [0.717, 1.165) is 19.3 Å². The molecule has 1 saturated carbocycles. The summed E-state index contributed by atoms with van der Waals surface area (Å²) in [5, 5.41) is 2.87. The Balaban J connectivity index is 1.49. The minimum Gasteiger partial charge on any atom is -0.494 e. The van der Waals surface area contributed by atoms with Crippen LogP contribution in [0.4, 0.5) is 5.69 Å². The van der Waals surface area contributed by atoms with E-state index in [0.29, 0.717) is 42.9 Å². The molecule has 1 aliphatic rings. The van der Waals surface area contributed by atoms with Crippen LogP contribution in [0.15, 0.2) is 53.4 Å². The normalized spacial score (nSPS) is 14.7. The van der Waals surface area contributed by atoms with Gasteiger partial charge in [0.05, 0.1) is 17.6 Å². The third-order valence-corrected chi connectivity index (χ3v) is 6.73. The van der Waals surface area contributed by atoms with Crippen molar-refractivity contribution < 1.29 is 22.7 Å². The van der Waals surface area contributed by atoms with Gasteiger partial charge in [0, 0.05) is 24.4 Å². The summed E-state index contributed by atoms with van der Waals surface area (Å²) in [6, 6.07) is 12.6. The number of carbonyl (C=O) groups excluding carboxylic acids is 1. The number of hydrogen-bond donors (Lipinski definition) is 2. The fraction of sp³-hybridized carbons (Fsp3) is 0.458. The second-order valence-corrected chi connectivity index (χ2v) is 9.51. The number of amides is 1. The van der Waals surface area contributed by atoms with Crippen LogP contribution in [-0.2, 0) is 14.8 Å². The highest BCUT2D eigenvalue weighted by Crippen LogP contribution is 2.21. The second-order valence-electron chi connectivity index (χ2n) is 7.83. The van der Waals surface area contributed by atoms with Gasteiger partial charge in [-0.05, 0) is 68.7 Å². The maximum Gasteiger partial charge on any atom is 0.261 e. The molecule has 1 amide bonds. The first-order chi connectivity index (χ1) is 15.5. The number of sulfonamides is 1. The van der Waals surface area contributed by atoms with Crippen LogP contribution in [-0.4, -0.2) is 40.2 Å². The fourth-order valence-corrected chi connectivity index (χ4v) is 4.73. The Bertz CT molecular complexity index is 970. The molecule has 0 saturated heterocycles. The van der Waals surface area contributed by atoms with Gasteiger partial charge in [0.2, 0.25) is 0 Å². The molecule has 1 fully saturated rings. The van der Waals surface area contributed by atoms with Crippen LogP contribution >= 0.6 is 0 Å². The topological polar surface area (TPSA) is 93.7 Å². The number of benzene rings is 2. The van der Waals surface area contributed by atoms with Crippen LogP contribution in [0.25, 0.3) is 0 Å². The van der Waals surface area contributed by atoms with E-state index in [9.17, 15) is 13.2 Å². The van der Waals surface area contributed by atoms with Crippen LogP contribution in [0.2, 0.25) is 0 Å². The highest BCUT2D eigenvalue weighted by molar-refractivity contribution is 7.92. The number of carbonyl (C=O) groups is 1. The Morgan fingerprint density at radius 2 is 1.81 bits per heavy atom. The van der Waals surface area contributed by atoms with Crippen molar-refractivity contribution >= 4 is 21.6 Å². The van der Waals surface area contributed by atoms with E-state index in [1.807, 2.05) is 6.92 Å². The van der Waals surface area contributed by atoms with Crippen LogP contribution in [0.3, 0.4) is 0 Å². The van der Waals surface area contributed by atoms with Gasteiger partial charge >= 0.3 is 0 Å². The predicted molar refractivity (Wildman–Crippen MR) is 125 cm³/mol. The van der Waals surface area contributed by atoms with Crippen LogP contribution < -0.4 is 14.8 Å². The van der Waals surface area contributed by atoms with Crippen molar-refractivity contribution in [3.05, 3.63) is 54.1 Å². The molecular formula is C24H32N2O5S. The van der Waals surface area contributed by atoms with Crippen molar-refractivity contribution in [1.29, 1.82) is 0 Å². The molecule has 32 heavy (non-hydrogen) atoms. The minimum absolute atomic E-state index is 0.119. The van der Waals surface area contributed by atoms with Crippen molar-refractivity contribution in [2.45, 2.75) is 56.4 Å². The van der Waals surface area contributed by atoms with E-state index in [1.54, 1.807) is 30.3 Å². The van der Waals surface area contributed by atoms with Gasteiger partial charge in [0.15, 0.2) is 0 Å². The Morgan fingerprint density at radius 1 is 1.06 bits per heavy atom. The maximum atomic E-state index is 12.7. The number of anilines is 1. The zero-order valence-corrected chi connectivity index (χ0v) is 19.3. The van der Waals surface area contributed by atoms with Crippen LogP contribution in [0, 0.1) is 0 Å². The first-order valence-corrected chi connectivity index (χ1v) is 12.7. The molecule has 0 spiro atoms. The number of nitrogens with one attached hydrogen (secondary N) is 2. The van der Waals surface area contributed by atoms with Gasteiger partial charge in [0.1, 0.15) is 5.75 Å². The summed E-state index contributed by atoms with van der Waals surface area (Å²) in [4.78, 5) is 12.6. The van der Waals surface area contributed by atoms with Gasteiger partial charge in [-0.3, -0.25) is 9.52 Å². The summed E-state index contributed by atoms with van der Waals surface area (Å²) in [5.74, 6) is 0.360. The Hall–Kier alpha value is -2.58. The molecule has 7 nitrogen and oxygen atoms in total. The molecule has 0 unspecified atom stereocenters. The predicted octanol–water partition coefficient (Wildman–Crippen LogP) is 4.36. The molecule has 0 radical (unpaired) electrons. The molecule has 0 aliphatic heterocycles. The smallest absolute Gasteiger partial charge is 0.261 e. The summed E-state index contributed by atoms with van der Waals surface area (Å²) in [7, 11) is -3.78. The molecule has 174 valence electrons. The summed E-state index contributed by atoms with van der Waals surface area (Å²) < 4.78 is 39.1. The van der Waals surface area contributed by atoms with Gasteiger partial charge in [0.25, 0.3) is 15.9 Å². The molecule has 1 aliphatic carbocycles. The lowest BCUT2D eigenvalue weighted by molar-refractivity contribution is 0.0273. The standard InChI is InChI=1S/C24H32N2O5S/c1-2-30-22-12-14-23(15-13-22)32(28,29)26-20-9-6-8-19(18-20)24(27)25-16-7-17-31-21-10-4-3-5-11-21/h6,8-9,12-15,18,21,26H,2-5,7,10-11,16-17H2,1H3,(H,25,27). The molecule has 2 aromatic rings. The molecule has 2 N–H and O–H groups in total. The van der Waals surface area contributed by atoms with Crippen molar-refractivity contribution in [3.63, 3.8) is 0 Å². The first-order valence-electron chi connectivity index (χ1n) is 11.2. The summed E-state index contributed by atoms with van der Waals surface area (Å²) in [6.07, 6.45) is 7.13. The zero-order chi connectivity index (χ0) is 22.8. The Kier molecular flexibility index (Phi) is 8.93. The molecule has 2 aromatic carbocycles. The van der Waals surface area contributed by atoms with Crippen LogP contribution in [0.5, 0.6) is 5.75 Å². The van der Waals surface area contributed by atoms with E-state index in [-0.39, 0.29) is 10.8 Å². The fourth-order valence-electron chi connectivity index (χ4n) is 3.68. The molecule has 0 heterocycles. The van der Waals surface area contributed by atoms with Crippen molar-refractivity contribution in [1.82, 2.24) is 5.32 Å². The lowest BCUT2D eigenvalue weighted by Crippen LogP contribution is -2.26.